The van der Waals surface area contributed by atoms with E-state index in [9.17, 15) is 45.3 Å². The largest absolute Gasteiger partial charge is 0.552 e. The zero-order chi connectivity index (χ0) is 72.7. The summed E-state index contributed by atoms with van der Waals surface area (Å²) in [5, 5.41) is 40.5. The number of ether oxygens (including phenoxy) is 1. The average Bonchev–Trinajstić information content (AvgIpc) is 1.17. The van der Waals surface area contributed by atoms with Gasteiger partial charge >= 0.3 is 28.5 Å². The molecule has 4 aromatic heterocycles. The SMILES string of the molecule is CCCCS(=O)(=O)NC1CC(C2=CB(O)Oc3cnc4c(c32)C=CC4)C1.COCCCS(=O)(=O)NC1CC(C2=CB(O)Oc3cnc4c(c32)C=CC4)C1.O=S(=O)(CCC1CC1)NC1CC(C2=CB(O)Oc3cnc4c(c32)C=CC4)C1.OB1C=C(C2C3CC4CC2CC(Br)(C4)C3)c2c(cnc3c2C=CC3)O1. The molecule has 0 amide bonds. The number of hydrogen-bond donors (Lipinski definition) is 7. The van der Waals surface area contributed by atoms with Crippen molar-refractivity contribution < 1.29 is 68.7 Å². The summed E-state index contributed by atoms with van der Waals surface area (Å²) in [6.07, 6.45) is 43.1. The lowest BCUT2D eigenvalue weighted by molar-refractivity contribution is 0.00737. The Bertz CT molecular complexity index is 4690. The number of unbranched alkanes of at least 4 members (excludes halogenated alkanes) is 1. The van der Waals surface area contributed by atoms with Crippen LogP contribution in [0.15, 0.2) is 73.0 Å². The molecule has 12 aliphatic carbocycles. The molecule has 30 heteroatoms. The topological polar surface area (TPSA) is 317 Å². The number of hydrogen-bond acceptors (Lipinski definition) is 19. The van der Waals surface area contributed by atoms with Crippen LogP contribution in [0.5, 0.6) is 23.0 Å². The number of allylic oxidation sites excluding steroid dienone is 8. The minimum absolute atomic E-state index is 0.0195. The van der Waals surface area contributed by atoms with Crippen molar-refractivity contribution in [2.24, 2.45) is 47.3 Å². The minimum Gasteiger partial charge on any atom is -0.531 e. The third-order valence-corrected chi connectivity index (χ3v) is 29.3. The Morgan fingerprint density at radius 2 is 0.838 bits per heavy atom. The van der Waals surface area contributed by atoms with E-state index >= 15 is 0 Å². The molecule has 0 saturated heterocycles. The van der Waals surface area contributed by atoms with E-state index in [0.717, 1.165) is 161 Å². The van der Waals surface area contributed by atoms with E-state index < -0.39 is 58.5 Å². The molecule has 0 aromatic carbocycles. The summed E-state index contributed by atoms with van der Waals surface area (Å²) in [5.74, 6) is 14.4. The standard InChI is InChI=1S/C20H21BBrNO2.C19H23BN2O4S.C18H23BN2O5S.C18H23BN2O4S/c22-20-6-11-4-12(7-20)18(13(5-11)8-20)15-9-21(24)25-17-10-23-16-3-1-2-14(16)19(15)17;23-20-10-16(19-15-2-1-3-17(15)21-11-18(19)26-20)13-8-14(9-13)22-27(24,25)7-6-12-4-5-12;1-25-6-3-7-27(23,24)21-13-8-12(9-13)15-10-19(22)26-17-11-20-16-5-2-4-14(16)18(15)17;1-2-3-7-26(23,24)21-13-8-12(9-13)15-10-19(22)25-17-11-20-16-6-4-5-14(16)18(15)17/h1-2,9-13,18,24H,3-8H2;1-2,10-14,22-23H,3-9H2;2,4,10-13,21-22H,3,5-9H2,1H3;4-5,10-13,21-22H,2-3,6-9H2,1H3. The number of nitrogens with zero attached hydrogens (tertiary/aromatic N) is 4. The van der Waals surface area contributed by atoms with Gasteiger partial charge in [-0.25, -0.2) is 39.4 Å². The molecule has 552 valence electrons. The molecular weight excluding hydrogens is 1460 g/mol. The van der Waals surface area contributed by atoms with E-state index in [1.165, 1.54) is 61.6 Å². The van der Waals surface area contributed by atoms with Gasteiger partial charge in [0.15, 0.2) is 0 Å². The number of nitrogens with one attached hydrogen (secondary N) is 3. The molecule has 2 atom stereocenters. The van der Waals surface area contributed by atoms with E-state index in [1.807, 2.05) is 25.2 Å². The highest BCUT2D eigenvalue weighted by Gasteiger charge is 2.56. The van der Waals surface area contributed by atoms with Crippen molar-refractivity contribution in [1.82, 2.24) is 34.1 Å². The number of alkyl halides is 1. The second-order valence-corrected chi connectivity index (χ2v) is 38.7. The van der Waals surface area contributed by atoms with E-state index in [0.29, 0.717) is 65.7 Å². The zero-order valence-corrected chi connectivity index (χ0v) is 63.3. The van der Waals surface area contributed by atoms with Gasteiger partial charge < -0.3 is 43.5 Å². The fraction of sp³-hybridized carbons (Fsp3) is 0.520. The van der Waals surface area contributed by atoms with Gasteiger partial charge in [-0.2, -0.15) is 0 Å². The molecule has 4 aromatic rings. The number of pyridine rings is 4. The summed E-state index contributed by atoms with van der Waals surface area (Å²) >= 11 is 4.09. The maximum Gasteiger partial charge on any atom is 0.552 e. The number of halogens is 1. The van der Waals surface area contributed by atoms with Crippen LogP contribution in [0.3, 0.4) is 0 Å². The van der Waals surface area contributed by atoms with Crippen LogP contribution < -0.4 is 32.8 Å². The van der Waals surface area contributed by atoms with E-state index in [4.69, 9.17) is 23.4 Å². The third kappa shape index (κ3) is 15.7. The summed E-state index contributed by atoms with van der Waals surface area (Å²) in [5.41, 5.74) is 17.3. The molecule has 4 aliphatic heterocycles. The van der Waals surface area contributed by atoms with Gasteiger partial charge in [0.25, 0.3) is 0 Å². The van der Waals surface area contributed by atoms with Crippen LogP contribution in [0.25, 0.3) is 46.6 Å². The van der Waals surface area contributed by atoms with Gasteiger partial charge in [-0.05, 0) is 183 Å². The van der Waals surface area contributed by atoms with Crippen LogP contribution >= 0.6 is 15.9 Å². The van der Waals surface area contributed by atoms with Crippen molar-refractivity contribution in [3.05, 3.63) is 140 Å². The molecule has 8 heterocycles. The Labute approximate surface area is 625 Å². The van der Waals surface area contributed by atoms with Crippen molar-refractivity contribution in [2.75, 3.05) is 31.0 Å². The molecule has 2 unspecified atom stereocenters. The molecule has 0 radical (unpaired) electrons. The first-order valence-electron chi connectivity index (χ1n) is 37.7. The number of fused-ring (bicyclic) bond motifs is 12. The lowest BCUT2D eigenvalue weighted by Gasteiger charge is -2.59. The highest BCUT2D eigenvalue weighted by molar-refractivity contribution is 9.10. The van der Waals surface area contributed by atoms with Crippen LogP contribution in [-0.4, -0.2) is 147 Å². The minimum atomic E-state index is -3.29. The Balaban J connectivity index is 0.000000108. The number of rotatable bonds is 20. The highest BCUT2D eigenvalue weighted by Crippen LogP contribution is 2.65. The van der Waals surface area contributed by atoms with Crippen LogP contribution in [0.1, 0.15) is 183 Å². The lowest BCUT2D eigenvalue weighted by Crippen LogP contribution is -2.52. The molecule has 7 N–H and O–H groups in total. The summed E-state index contributed by atoms with van der Waals surface area (Å²) < 4.78 is 109. The molecule has 8 fully saturated rings. The summed E-state index contributed by atoms with van der Waals surface area (Å²) in [6.45, 7) is 2.42. The lowest BCUT2D eigenvalue weighted by atomic mass is 9.49. The van der Waals surface area contributed by atoms with Gasteiger partial charge in [-0.15, -0.1) is 0 Å². The Morgan fingerprint density at radius 3 is 1.18 bits per heavy atom. The highest BCUT2D eigenvalue weighted by atomic mass is 79.9. The summed E-state index contributed by atoms with van der Waals surface area (Å²) in [6, 6.07) is -0.122. The monoisotopic (exact) mass is 1550 g/mol. The molecule has 22 nitrogen and oxygen atoms in total. The van der Waals surface area contributed by atoms with Crippen molar-refractivity contribution >= 4 is 121 Å². The maximum atomic E-state index is 12.2. The van der Waals surface area contributed by atoms with Gasteiger partial charge in [0.1, 0.15) is 23.0 Å². The van der Waals surface area contributed by atoms with E-state index in [1.54, 1.807) is 43.6 Å². The second-order valence-electron chi connectivity index (χ2n) is 31.4. The first-order valence-corrected chi connectivity index (χ1v) is 43.4. The molecule has 8 saturated carbocycles. The van der Waals surface area contributed by atoms with E-state index in [2.05, 4.69) is 92.6 Å². The van der Waals surface area contributed by atoms with Crippen LogP contribution in [0.4, 0.5) is 0 Å². The van der Waals surface area contributed by atoms with Crippen molar-refractivity contribution in [2.45, 2.75) is 164 Å². The van der Waals surface area contributed by atoms with Gasteiger partial charge in [-0.1, -0.05) is 90.7 Å². The summed E-state index contributed by atoms with van der Waals surface area (Å²) in [4.78, 5) is 17.8. The zero-order valence-electron chi connectivity index (χ0n) is 59.2. The van der Waals surface area contributed by atoms with Crippen LogP contribution in [0.2, 0.25) is 0 Å². The number of methoxy groups -OCH3 is 1. The first-order chi connectivity index (χ1) is 50.5. The smallest absolute Gasteiger partial charge is 0.531 e. The fourth-order valence-electron chi connectivity index (χ4n) is 18.9. The maximum absolute atomic E-state index is 12.2. The number of aromatic nitrogens is 4. The van der Waals surface area contributed by atoms with Gasteiger partial charge in [0, 0.05) is 106 Å². The van der Waals surface area contributed by atoms with Gasteiger partial charge in [0.2, 0.25) is 30.1 Å². The van der Waals surface area contributed by atoms with Crippen LogP contribution in [-0.2, 0) is 60.5 Å². The molecule has 20 rings (SSSR count). The molecule has 4 bridgehead atoms. The van der Waals surface area contributed by atoms with Crippen LogP contribution in [0, 0.1) is 47.3 Å². The average molecular weight is 1550 g/mol. The third-order valence-electron chi connectivity index (χ3n) is 23.8. The number of sulfonamides is 3. The molecule has 16 aliphatic rings. The second kappa shape index (κ2) is 29.8. The first kappa shape index (κ1) is 73.2. The predicted molar refractivity (Wildman–Crippen MR) is 412 cm³/mol. The quantitative estimate of drug-likeness (QED) is 0.0246. The van der Waals surface area contributed by atoms with Crippen molar-refractivity contribution in [1.29, 1.82) is 0 Å². The normalized spacial score (nSPS) is 28.1. The Morgan fingerprint density at radius 1 is 0.495 bits per heavy atom. The Hall–Kier alpha value is -6.01. The Kier molecular flexibility index (Phi) is 20.7. The van der Waals surface area contributed by atoms with Crippen molar-refractivity contribution in [3.8, 4) is 23.0 Å². The molecular formula is C75H90B4BrN7O15S3. The molecule has 0 spiro atoms. The van der Waals surface area contributed by atoms with Gasteiger partial charge in [-0.3, -0.25) is 19.9 Å². The van der Waals surface area contributed by atoms with Crippen molar-refractivity contribution in [3.63, 3.8) is 0 Å². The van der Waals surface area contributed by atoms with Gasteiger partial charge in [0.05, 0.1) is 64.8 Å². The molecule has 105 heavy (non-hydrogen) atoms. The van der Waals surface area contributed by atoms with E-state index in [-0.39, 0.29) is 53.1 Å². The fourth-order valence-corrected chi connectivity index (χ4v) is 24.4. The summed E-state index contributed by atoms with van der Waals surface area (Å²) in [7, 11) is -11.9. The predicted octanol–water partition coefficient (Wildman–Crippen LogP) is 9.11.